The molecule has 1 fully saturated rings. The van der Waals surface area contributed by atoms with Crippen molar-refractivity contribution < 1.29 is 48.7 Å². The Bertz CT molecular complexity index is 1940. The molecule has 51 heavy (non-hydrogen) atoms. The molecule has 0 unspecified atom stereocenters. The lowest BCUT2D eigenvalue weighted by molar-refractivity contribution is -0.274. The number of alkyl halides is 3. The van der Waals surface area contributed by atoms with E-state index in [4.69, 9.17) is 5.73 Å². The Labute approximate surface area is 289 Å². The molecular formula is C35H33F7N4O4S. The third-order valence-electron chi connectivity index (χ3n) is 8.49. The van der Waals surface area contributed by atoms with Gasteiger partial charge in [-0.2, -0.15) is 4.31 Å². The Kier molecular flexibility index (Phi) is 11.4. The van der Waals surface area contributed by atoms with Crippen LogP contribution in [-0.2, 0) is 21.2 Å². The van der Waals surface area contributed by atoms with Crippen molar-refractivity contribution in [2.24, 2.45) is 5.73 Å². The first-order chi connectivity index (χ1) is 24.0. The summed E-state index contributed by atoms with van der Waals surface area (Å²) in [6.07, 6.45) is -4.97. The molecule has 0 bridgehead atoms. The second kappa shape index (κ2) is 15.4. The van der Waals surface area contributed by atoms with Crippen molar-refractivity contribution in [1.82, 2.24) is 9.62 Å². The van der Waals surface area contributed by atoms with Crippen molar-refractivity contribution in [1.29, 1.82) is 0 Å². The van der Waals surface area contributed by atoms with Gasteiger partial charge in [-0.15, -0.1) is 13.2 Å². The Morgan fingerprint density at radius 1 is 0.922 bits per heavy atom. The Hall–Kier alpha value is -4.51. The molecule has 8 nitrogen and oxygen atoms in total. The summed E-state index contributed by atoms with van der Waals surface area (Å²) in [5, 5.41) is 5.72. The van der Waals surface area contributed by atoms with Gasteiger partial charge in [0.25, 0.3) is 0 Å². The Morgan fingerprint density at radius 3 is 2.20 bits per heavy atom. The number of ether oxygens (including phenoxy) is 1. The number of carbonyl (C=O) groups excluding carboxylic acids is 1. The quantitative estimate of drug-likeness (QED) is 0.158. The first-order valence-corrected chi connectivity index (χ1v) is 17.1. The number of halogens is 7. The lowest BCUT2D eigenvalue weighted by Gasteiger charge is -2.40. The maximum absolute atomic E-state index is 15.4. The van der Waals surface area contributed by atoms with E-state index in [1.165, 1.54) is 28.6 Å². The first kappa shape index (κ1) is 37.7. The molecule has 0 saturated carbocycles. The standard InChI is InChI=1S/C35H33F7N4O4S/c1-20-18-44-19-26(46(20)51(48,49)28-12-10-27(11-13-28)50-35(40,41)42)9-14-29-30(39)3-2-4-31(29)45-34(47)33(43)32(21-5-7-23(36)8-6-21)22-15-24(37)17-25(38)16-22/h2-8,10-13,15-17,20,26,32-33,44H,9,14,18-19,43H2,1H3,(H,45,47)/t20-,26+,32+,33+/m1/s1. The lowest BCUT2D eigenvalue weighted by Crippen LogP contribution is -2.58. The number of nitrogens with one attached hydrogen (secondary N) is 2. The average Bonchev–Trinajstić information content (AvgIpc) is 3.04. The van der Waals surface area contributed by atoms with Crippen LogP contribution in [0.2, 0.25) is 0 Å². The second-order valence-electron chi connectivity index (χ2n) is 12.1. The number of amides is 1. The zero-order valence-corrected chi connectivity index (χ0v) is 27.7. The van der Waals surface area contributed by atoms with E-state index in [1.54, 1.807) is 6.92 Å². The minimum Gasteiger partial charge on any atom is -0.406 e. The van der Waals surface area contributed by atoms with Gasteiger partial charge in [-0.1, -0.05) is 18.2 Å². The lowest BCUT2D eigenvalue weighted by atomic mass is 9.84. The summed E-state index contributed by atoms with van der Waals surface area (Å²) in [5.41, 5.74) is 6.71. The first-order valence-electron chi connectivity index (χ1n) is 15.7. The molecule has 0 spiro atoms. The zero-order chi connectivity index (χ0) is 37.1. The summed E-state index contributed by atoms with van der Waals surface area (Å²) in [6, 6.07) is 12.4. The predicted molar refractivity (Wildman–Crippen MR) is 174 cm³/mol. The summed E-state index contributed by atoms with van der Waals surface area (Å²) in [4.78, 5) is 13.3. The molecule has 1 aliphatic heterocycles. The van der Waals surface area contributed by atoms with E-state index in [0.29, 0.717) is 6.07 Å². The van der Waals surface area contributed by atoms with Crippen molar-refractivity contribution >= 4 is 21.6 Å². The number of benzene rings is 4. The largest absolute Gasteiger partial charge is 0.573 e. The van der Waals surface area contributed by atoms with Crippen LogP contribution in [0.3, 0.4) is 0 Å². The van der Waals surface area contributed by atoms with Gasteiger partial charge in [0.1, 0.15) is 29.0 Å². The van der Waals surface area contributed by atoms with Crippen LogP contribution in [0.15, 0.2) is 89.8 Å². The van der Waals surface area contributed by atoms with Gasteiger partial charge in [-0.05, 0) is 91.6 Å². The highest BCUT2D eigenvalue weighted by Gasteiger charge is 2.38. The van der Waals surface area contributed by atoms with E-state index in [2.05, 4.69) is 15.4 Å². The minimum atomic E-state index is -4.96. The van der Waals surface area contributed by atoms with E-state index in [9.17, 15) is 39.6 Å². The molecule has 0 aliphatic carbocycles. The summed E-state index contributed by atoms with van der Waals surface area (Å²) >= 11 is 0. The fraction of sp³-hybridized carbons (Fsp3) is 0.286. The van der Waals surface area contributed by atoms with E-state index < -0.39 is 75.4 Å². The third-order valence-corrected chi connectivity index (χ3v) is 10.6. The Balaban J connectivity index is 1.37. The molecule has 4 N–H and O–H groups in total. The van der Waals surface area contributed by atoms with Gasteiger partial charge in [0.15, 0.2) is 0 Å². The van der Waals surface area contributed by atoms with Crippen LogP contribution in [0, 0.1) is 23.3 Å². The highest BCUT2D eigenvalue weighted by Crippen LogP contribution is 2.32. The maximum atomic E-state index is 15.4. The number of carbonyl (C=O) groups is 1. The van der Waals surface area contributed by atoms with Crippen LogP contribution >= 0.6 is 0 Å². The van der Waals surface area contributed by atoms with Crippen LogP contribution in [-0.4, -0.2) is 56.2 Å². The van der Waals surface area contributed by atoms with Crippen molar-refractivity contribution in [2.45, 2.75) is 55.1 Å². The number of hydrogen-bond acceptors (Lipinski definition) is 6. The summed E-state index contributed by atoms with van der Waals surface area (Å²) < 4.78 is 128. The number of nitrogens with zero attached hydrogens (tertiary/aromatic N) is 1. The molecule has 1 amide bonds. The van der Waals surface area contributed by atoms with Crippen LogP contribution < -0.4 is 21.1 Å². The van der Waals surface area contributed by atoms with Gasteiger partial charge in [0, 0.05) is 48.4 Å². The molecule has 5 rings (SSSR count). The molecule has 272 valence electrons. The SMILES string of the molecule is C[C@@H]1CNC[C@H](CCc2c(F)cccc2NC(=O)[C@@H](N)[C@@H](c2ccc(F)cc2)c2cc(F)cc(F)c2)N1S(=O)(=O)c1ccc(OC(F)(F)F)cc1. The highest BCUT2D eigenvalue weighted by molar-refractivity contribution is 7.89. The van der Waals surface area contributed by atoms with Crippen molar-refractivity contribution in [3.63, 3.8) is 0 Å². The van der Waals surface area contributed by atoms with Gasteiger partial charge in [-0.3, -0.25) is 4.79 Å². The molecule has 4 aromatic rings. The molecular weight excluding hydrogens is 705 g/mol. The van der Waals surface area contributed by atoms with Crippen molar-refractivity contribution in [3.05, 3.63) is 125 Å². The van der Waals surface area contributed by atoms with Gasteiger partial charge >= 0.3 is 6.36 Å². The van der Waals surface area contributed by atoms with Crippen LogP contribution in [0.25, 0.3) is 0 Å². The summed E-state index contributed by atoms with van der Waals surface area (Å²) in [5.74, 6) is -5.74. The molecule has 1 heterocycles. The molecule has 1 aliphatic rings. The van der Waals surface area contributed by atoms with Gasteiger partial charge in [-0.25, -0.2) is 26.0 Å². The average molecular weight is 739 g/mol. The zero-order valence-electron chi connectivity index (χ0n) is 26.9. The van der Waals surface area contributed by atoms with Crippen molar-refractivity contribution in [3.8, 4) is 5.75 Å². The number of hydrogen-bond donors (Lipinski definition) is 3. The smallest absolute Gasteiger partial charge is 0.406 e. The minimum absolute atomic E-state index is 0.00367. The molecule has 4 aromatic carbocycles. The van der Waals surface area contributed by atoms with E-state index in [1.807, 2.05) is 0 Å². The number of rotatable bonds is 11. The number of nitrogens with two attached hydrogens (primary N) is 1. The maximum Gasteiger partial charge on any atom is 0.573 e. The molecule has 16 heteroatoms. The van der Waals surface area contributed by atoms with Gasteiger partial charge < -0.3 is 21.1 Å². The Morgan fingerprint density at radius 2 is 1.57 bits per heavy atom. The van der Waals surface area contributed by atoms with Crippen molar-refractivity contribution in [2.75, 3.05) is 18.4 Å². The van der Waals surface area contributed by atoms with Gasteiger partial charge in [0.05, 0.1) is 10.9 Å². The fourth-order valence-corrected chi connectivity index (χ4v) is 8.08. The topological polar surface area (TPSA) is 114 Å². The highest BCUT2D eigenvalue weighted by atomic mass is 32.2. The van der Waals surface area contributed by atoms with E-state index in [-0.39, 0.29) is 53.2 Å². The molecule has 4 atom stereocenters. The van der Waals surface area contributed by atoms with E-state index in [0.717, 1.165) is 54.6 Å². The molecule has 0 aromatic heterocycles. The third kappa shape index (κ3) is 9.05. The van der Waals surface area contributed by atoms with Gasteiger partial charge in [0.2, 0.25) is 15.9 Å². The van der Waals surface area contributed by atoms with Crippen LogP contribution in [0.1, 0.15) is 36.0 Å². The number of piperazine rings is 1. The number of sulfonamides is 1. The fourth-order valence-electron chi connectivity index (χ4n) is 6.24. The van der Waals surface area contributed by atoms with Crippen LogP contribution in [0.5, 0.6) is 5.75 Å². The second-order valence-corrected chi connectivity index (χ2v) is 13.9. The monoisotopic (exact) mass is 738 g/mol. The summed E-state index contributed by atoms with van der Waals surface area (Å²) in [6.45, 7) is 2.09. The summed E-state index contributed by atoms with van der Waals surface area (Å²) in [7, 11) is -4.25. The predicted octanol–water partition coefficient (Wildman–Crippen LogP) is 6.22. The van der Waals surface area contributed by atoms with Crippen LogP contribution in [0.4, 0.5) is 36.4 Å². The molecule has 1 saturated heterocycles. The normalized spacial score (nSPS) is 18.2. The van der Waals surface area contributed by atoms with E-state index >= 15 is 4.39 Å². The molecule has 0 radical (unpaired) electrons. The number of anilines is 1.